The molecule has 0 aromatic heterocycles. The number of fused-ring (bicyclic) bond motifs is 1. The highest BCUT2D eigenvalue weighted by molar-refractivity contribution is 5.86. The van der Waals surface area contributed by atoms with Crippen molar-refractivity contribution in [3.63, 3.8) is 0 Å². The first-order chi connectivity index (χ1) is 18.2. The molecule has 4 rings (SSSR count). The summed E-state index contributed by atoms with van der Waals surface area (Å²) in [4.78, 5) is 0. The Balaban J connectivity index is 1.65. The Bertz CT molecular complexity index is 1490. The summed E-state index contributed by atoms with van der Waals surface area (Å²) in [5.41, 5.74) is 9.86. The zero-order valence-corrected chi connectivity index (χ0v) is 20.4. The molecule has 0 saturated carbocycles. The molecule has 1 aliphatic rings. The normalized spacial score (nSPS) is 17.9. The van der Waals surface area contributed by atoms with Crippen LogP contribution in [0.1, 0.15) is 48.8 Å². The largest absolute Gasteiger partial charge is 0.458 e. The average Bonchev–Trinajstić information content (AvgIpc) is 2.81. The quantitative estimate of drug-likeness (QED) is 0.194. The molecule has 0 saturated heterocycles. The van der Waals surface area contributed by atoms with Crippen LogP contribution in [0.4, 0.5) is 40.8 Å². The summed E-state index contributed by atoms with van der Waals surface area (Å²) in [5, 5.41) is -0.693. The third-order valence-electron chi connectivity index (χ3n) is 6.59. The molecule has 4 N–H and O–H groups in total. The molecule has 0 radical (unpaired) electrons. The SMILES string of the molecule is CCC1C=C(N)C(c2cc(N)c(C(F)(F)Oc3ccc4c(F)c(C#CC(F)(F)F)c(F)cc4c3)c(F)c2)CC1. The van der Waals surface area contributed by atoms with Crippen molar-refractivity contribution in [1.29, 1.82) is 0 Å². The van der Waals surface area contributed by atoms with Crippen LogP contribution < -0.4 is 16.2 Å². The molecule has 0 aliphatic heterocycles. The lowest BCUT2D eigenvalue weighted by molar-refractivity contribution is -0.186. The maximum absolute atomic E-state index is 15.1. The third kappa shape index (κ3) is 5.90. The van der Waals surface area contributed by atoms with E-state index in [1.54, 1.807) is 0 Å². The number of nitrogens with two attached hydrogens (primary N) is 2. The number of nitrogen functional groups attached to an aromatic ring is 1. The number of allylic oxidation sites excluding steroid dienone is 2. The standard InChI is InChI=1S/C28H22F8N2O/c1-2-14-3-5-18(23(37)9-14)16-12-22(30)25(24(38)13-16)28(35,36)39-17-4-6-19-15(10-17)11-21(29)20(26(19)31)7-8-27(32,33)34/h4,6,9-14,18H,2-3,5,37-38H2,1H3. The fourth-order valence-electron chi connectivity index (χ4n) is 4.68. The minimum Gasteiger partial charge on any atom is -0.429 e. The van der Waals surface area contributed by atoms with Gasteiger partial charge < -0.3 is 16.2 Å². The van der Waals surface area contributed by atoms with Gasteiger partial charge in [0.1, 0.15) is 28.8 Å². The van der Waals surface area contributed by atoms with Crippen molar-refractivity contribution < 1.29 is 39.9 Å². The summed E-state index contributed by atoms with van der Waals surface area (Å²) < 4.78 is 116. The van der Waals surface area contributed by atoms with E-state index in [1.165, 1.54) is 12.0 Å². The molecule has 0 heterocycles. The van der Waals surface area contributed by atoms with E-state index in [1.807, 2.05) is 13.0 Å². The minimum atomic E-state index is -4.98. The molecule has 1 aliphatic carbocycles. The highest BCUT2D eigenvalue weighted by atomic mass is 19.4. The second-order valence-electron chi connectivity index (χ2n) is 9.23. The van der Waals surface area contributed by atoms with Gasteiger partial charge in [-0.05, 0) is 72.5 Å². The van der Waals surface area contributed by atoms with Gasteiger partial charge in [0.2, 0.25) is 0 Å². The molecule has 11 heteroatoms. The molecule has 206 valence electrons. The molecule has 2 atom stereocenters. The van der Waals surface area contributed by atoms with E-state index in [-0.39, 0.29) is 17.2 Å². The summed E-state index contributed by atoms with van der Waals surface area (Å²) in [6, 6.07) is 5.36. The molecule has 0 amide bonds. The third-order valence-corrected chi connectivity index (χ3v) is 6.59. The van der Waals surface area contributed by atoms with Gasteiger partial charge in [0.25, 0.3) is 0 Å². The van der Waals surface area contributed by atoms with E-state index in [4.69, 9.17) is 11.5 Å². The van der Waals surface area contributed by atoms with Gasteiger partial charge in [0, 0.05) is 28.6 Å². The number of anilines is 1. The van der Waals surface area contributed by atoms with Gasteiger partial charge in [-0.2, -0.15) is 22.0 Å². The Labute approximate surface area is 218 Å². The number of hydrogen-bond acceptors (Lipinski definition) is 3. The van der Waals surface area contributed by atoms with E-state index in [9.17, 15) is 22.0 Å². The molecular weight excluding hydrogens is 532 g/mol. The van der Waals surface area contributed by atoms with E-state index in [2.05, 4.69) is 4.74 Å². The smallest absolute Gasteiger partial charge is 0.429 e. The number of alkyl halides is 5. The number of rotatable bonds is 5. The summed E-state index contributed by atoms with van der Waals surface area (Å²) >= 11 is 0. The van der Waals surface area contributed by atoms with Crippen LogP contribution in [0.2, 0.25) is 0 Å². The van der Waals surface area contributed by atoms with Crippen molar-refractivity contribution in [2.24, 2.45) is 11.7 Å². The monoisotopic (exact) mass is 554 g/mol. The molecule has 2 unspecified atom stereocenters. The fourth-order valence-corrected chi connectivity index (χ4v) is 4.68. The zero-order chi connectivity index (χ0) is 28.7. The summed E-state index contributed by atoms with van der Waals surface area (Å²) in [7, 11) is 0. The van der Waals surface area contributed by atoms with Crippen LogP contribution >= 0.6 is 0 Å². The second kappa shape index (κ2) is 10.3. The van der Waals surface area contributed by atoms with E-state index >= 15 is 13.2 Å². The number of halogens is 8. The van der Waals surface area contributed by atoms with Crippen molar-refractivity contribution >= 4 is 16.5 Å². The lowest BCUT2D eigenvalue weighted by Gasteiger charge is -2.28. The topological polar surface area (TPSA) is 61.3 Å². The zero-order valence-electron chi connectivity index (χ0n) is 20.4. The molecule has 0 fully saturated rings. The van der Waals surface area contributed by atoms with E-state index < -0.39 is 57.7 Å². The van der Waals surface area contributed by atoms with Crippen molar-refractivity contribution in [2.75, 3.05) is 5.73 Å². The Morgan fingerprint density at radius 2 is 1.67 bits per heavy atom. The average molecular weight is 554 g/mol. The van der Waals surface area contributed by atoms with Gasteiger partial charge in [-0.15, -0.1) is 0 Å². The van der Waals surface area contributed by atoms with Gasteiger partial charge >= 0.3 is 12.3 Å². The van der Waals surface area contributed by atoms with Gasteiger partial charge in [-0.1, -0.05) is 18.9 Å². The molecule has 3 aromatic carbocycles. The Morgan fingerprint density at radius 3 is 2.28 bits per heavy atom. The van der Waals surface area contributed by atoms with Crippen LogP contribution in [-0.2, 0) is 6.11 Å². The first kappa shape index (κ1) is 28.1. The van der Waals surface area contributed by atoms with E-state index in [0.29, 0.717) is 23.7 Å². The van der Waals surface area contributed by atoms with Crippen LogP contribution in [0.3, 0.4) is 0 Å². The van der Waals surface area contributed by atoms with Gasteiger partial charge in [0.15, 0.2) is 0 Å². The minimum absolute atomic E-state index is 0.281. The van der Waals surface area contributed by atoms with Crippen LogP contribution in [0.5, 0.6) is 5.75 Å². The predicted octanol–water partition coefficient (Wildman–Crippen LogP) is 7.63. The molecule has 0 spiro atoms. The van der Waals surface area contributed by atoms with Gasteiger partial charge in [0.05, 0.1) is 5.56 Å². The molecule has 39 heavy (non-hydrogen) atoms. The van der Waals surface area contributed by atoms with Crippen LogP contribution in [0.25, 0.3) is 10.8 Å². The maximum atomic E-state index is 15.1. The lowest BCUT2D eigenvalue weighted by atomic mass is 9.81. The van der Waals surface area contributed by atoms with Crippen molar-refractivity contribution in [1.82, 2.24) is 0 Å². The summed E-state index contributed by atoms with van der Waals surface area (Å²) in [5.74, 6) is -2.71. The summed E-state index contributed by atoms with van der Waals surface area (Å²) in [6.07, 6.45) is -5.12. The fraction of sp³-hybridized carbons (Fsp3) is 0.286. The molecule has 3 nitrogen and oxygen atoms in total. The van der Waals surface area contributed by atoms with Crippen LogP contribution in [0, 0.1) is 35.2 Å². The highest BCUT2D eigenvalue weighted by Gasteiger charge is 2.41. The van der Waals surface area contributed by atoms with E-state index in [0.717, 1.165) is 43.0 Å². The van der Waals surface area contributed by atoms with Gasteiger partial charge in [-0.25, -0.2) is 13.2 Å². The number of ether oxygens (including phenoxy) is 1. The highest BCUT2D eigenvalue weighted by Crippen LogP contribution is 2.41. The lowest BCUT2D eigenvalue weighted by Crippen LogP contribution is -2.26. The molecular formula is C28H22F8N2O. The number of benzene rings is 3. The van der Waals surface area contributed by atoms with Crippen LogP contribution in [0.15, 0.2) is 48.2 Å². The Hall–Kier alpha value is -3.94. The summed E-state index contributed by atoms with van der Waals surface area (Å²) in [6.45, 7) is 2.01. The Kier molecular flexibility index (Phi) is 7.43. The van der Waals surface area contributed by atoms with Gasteiger partial charge in [-0.3, -0.25) is 0 Å². The second-order valence-corrected chi connectivity index (χ2v) is 9.23. The first-order valence-corrected chi connectivity index (χ1v) is 11.8. The van der Waals surface area contributed by atoms with Crippen molar-refractivity contribution in [2.45, 2.75) is 44.4 Å². The molecule has 0 bridgehead atoms. The van der Waals surface area contributed by atoms with Crippen LogP contribution in [-0.4, -0.2) is 6.18 Å². The first-order valence-electron chi connectivity index (χ1n) is 11.8. The van der Waals surface area contributed by atoms with Crippen molar-refractivity contribution in [3.05, 3.63) is 82.3 Å². The van der Waals surface area contributed by atoms with Crippen molar-refractivity contribution in [3.8, 4) is 17.6 Å². The number of hydrogen-bond donors (Lipinski definition) is 2. The predicted molar refractivity (Wildman–Crippen MR) is 130 cm³/mol. The Morgan fingerprint density at radius 1 is 0.949 bits per heavy atom. The maximum Gasteiger partial charge on any atom is 0.458 e. The molecule has 3 aromatic rings.